The lowest BCUT2D eigenvalue weighted by Gasteiger charge is -2.16. The summed E-state index contributed by atoms with van der Waals surface area (Å²) in [5.41, 5.74) is -2.32. The number of hydrogen-bond acceptors (Lipinski definition) is 7. The Morgan fingerprint density at radius 3 is 2.54 bits per heavy atom. The highest BCUT2D eigenvalue weighted by Gasteiger charge is 2.34. The van der Waals surface area contributed by atoms with E-state index in [-0.39, 0.29) is 26.7 Å². The van der Waals surface area contributed by atoms with E-state index in [1.807, 2.05) is 0 Å². The minimum absolute atomic E-state index is 0.0530. The Kier molecular flexibility index (Phi) is 6.13. The Bertz CT molecular complexity index is 1480. The van der Waals surface area contributed by atoms with Crippen molar-refractivity contribution in [3.05, 3.63) is 63.6 Å². The number of anilines is 1. The van der Waals surface area contributed by atoms with Crippen LogP contribution in [0.15, 0.2) is 45.9 Å². The van der Waals surface area contributed by atoms with Crippen LogP contribution < -0.4 is 9.46 Å². The topological polar surface area (TPSA) is 115 Å². The summed E-state index contributed by atoms with van der Waals surface area (Å²) in [7, 11) is -3.56. The van der Waals surface area contributed by atoms with Crippen molar-refractivity contribution in [3.63, 3.8) is 0 Å². The number of hydrogen-bond donors (Lipinski definition) is 2. The largest absolute Gasteiger partial charge is 0.505 e. The average molecular weight is 577 g/mol. The number of esters is 1. The van der Waals surface area contributed by atoms with E-state index in [1.54, 1.807) is 0 Å². The summed E-state index contributed by atoms with van der Waals surface area (Å²) in [5.74, 6) is -3.40. The van der Waals surface area contributed by atoms with E-state index in [4.69, 9.17) is 9.47 Å². The molecule has 0 saturated carbocycles. The van der Waals surface area contributed by atoms with Gasteiger partial charge in [0.05, 0.1) is 22.8 Å². The van der Waals surface area contributed by atoms with Crippen molar-refractivity contribution in [2.75, 3.05) is 11.8 Å². The Labute approximate surface area is 203 Å². The third-order valence-electron chi connectivity index (χ3n) is 5.00. The molecule has 14 heteroatoms. The molecule has 0 spiro atoms. The maximum atomic E-state index is 14.9. The van der Waals surface area contributed by atoms with Gasteiger partial charge in [-0.15, -0.1) is 0 Å². The number of halogens is 5. The van der Waals surface area contributed by atoms with Crippen molar-refractivity contribution in [1.29, 1.82) is 0 Å². The summed E-state index contributed by atoms with van der Waals surface area (Å²) in [6, 6.07) is 4.55. The van der Waals surface area contributed by atoms with Gasteiger partial charge >= 0.3 is 12.1 Å². The lowest BCUT2D eigenvalue weighted by Crippen LogP contribution is -2.15. The minimum Gasteiger partial charge on any atom is -0.505 e. The molecular weight excluding hydrogens is 564 g/mol. The van der Waals surface area contributed by atoms with Gasteiger partial charge in [-0.1, -0.05) is 0 Å². The molecule has 0 fully saturated rings. The molecule has 0 radical (unpaired) electrons. The smallest absolute Gasteiger partial charge is 0.433 e. The second-order valence-electron chi connectivity index (χ2n) is 7.25. The molecule has 0 amide bonds. The number of benzene rings is 2. The number of methoxy groups -OCH3 is 1. The highest BCUT2D eigenvalue weighted by molar-refractivity contribution is 9.10. The first kappa shape index (κ1) is 24.7. The van der Waals surface area contributed by atoms with Crippen LogP contribution in [0.2, 0.25) is 0 Å². The van der Waals surface area contributed by atoms with Crippen LogP contribution in [0.25, 0.3) is 11.1 Å². The first-order chi connectivity index (χ1) is 16.3. The molecular formula is C21H13BrF4N2O6S. The molecule has 0 unspecified atom stereocenters. The number of aromatic nitrogens is 1. The van der Waals surface area contributed by atoms with E-state index in [9.17, 15) is 35.9 Å². The Balaban J connectivity index is 2.03. The van der Waals surface area contributed by atoms with E-state index >= 15 is 0 Å². The molecule has 3 aromatic rings. The lowest BCUT2D eigenvalue weighted by atomic mass is 10.0. The number of phenols is 1. The van der Waals surface area contributed by atoms with Gasteiger partial charge in [-0.3, -0.25) is 9.71 Å². The molecule has 4 rings (SSSR count). The van der Waals surface area contributed by atoms with Crippen LogP contribution in [-0.2, 0) is 27.5 Å². The van der Waals surface area contributed by atoms with Gasteiger partial charge in [-0.2, -0.15) is 13.2 Å². The van der Waals surface area contributed by atoms with Gasteiger partial charge in [-0.05, 0) is 51.8 Å². The minimum atomic E-state index is -4.82. The van der Waals surface area contributed by atoms with Gasteiger partial charge in [-0.25, -0.2) is 17.6 Å². The first-order valence-corrected chi connectivity index (χ1v) is 11.8. The number of nitrogens with zero attached hydrogens (tertiary/aromatic N) is 1. The standard InChI is InChI=1S/C21H13BrF4N2O6S/c1-33-19-14(23)3-9-4-15(19)28-35(31,32)16-5-10(2-13(22)18(16)29)20(30)34-8-11-6-17(21(24,25)26)27-7-12(9)11/h2-7,28-29H,8H2,1H3. The van der Waals surface area contributed by atoms with Crippen molar-refractivity contribution in [2.45, 2.75) is 17.7 Å². The maximum Gasteiger partial charge on any atom is 0.433 e. The third kappa shape index (κ3) is 4.62. The van der Waals surface area contributed by atoms with Gasteiger partial charge in [0.2, 0.25) is 0 Å². The Morgan fingerprint density at radius 1 is 1.17 bits per heavy atom. The molecule has 2 heterocycles. The van der Waals surface area contributed by atoms with Crippen LogP contribution in [-0.4, -0.2) is 31.6 Å². The number of carbonyl (C=O) groups excluding carboxylic acids is 1. The van der Waals surface area contributed by atoms with Crippen molar-refractivity contribution >= 4 is 37.6 Å². The number of carbonyl (C=O) groups is 1. The number of pyridine rings is 1. The second-order valence-corrected chi connectivity index (χ2v) is 9.75. The van der Waals surface area contributed by atoms with E-state index < -0.39 is 62.4 Å². The number of ether oxygens (including phenoxy) is 2. The monoisotopic (exact) mass is 576 g/mol. The zero-order chi connectivity index (χ0) is 25.7. The fraction of sp³-hybridized carbons (Fsp3) is 0.143. The molecule has 1 aliphatic rings. The number of aromatic hydroxyl groups is 1. The fourth-order valence-corrected chi connectivity index (χ4v) is 5.18. The van der Waals surface area contributed by atoms with E-state index in [0.717, 1.165) is 37.6 Å². The van der Waals surface area contributed by atoms with Crippen LogP contribution in [0.3, 0.4) is 0 Å². The third-order valence-corrected chi connectivity index (χ3v) is 6.98. The highest BCUT2D eigenvalue weighted by atomic mass is 79.9. The summed E-state index contributed by atoms with van der Waals surface area (Å²) in [6.45, 7) is -0.684. The summed E-state index contributed by atoms with van der Waals surface area (Å²) >= 11 is 2.95. The SMILES string of the molecule is COc1c(F)cc2cc1NS(=O)(=O)c1cc(cc(Br)c1O)C(=O)OCc1cc(C(F)(F)F)ncc1-2. The van der Waals surface area contributed by atoms with Gasteiger partial charge in [0.1, 0.15) is 22.9 Å². The molecule has 184 valence electrons. The molecule has 1 aliphatic heterocycles. The van der Waals surface area contributed by atoms with E-state index in [1.165, 1.54) is 0 Å². The van der Waals surface area contributed by atoms with Crippen LogP contribution in [0.1, 0.15) is 21.6 Å². The zero-order valence-electron chi connectivity index (χ0n) is 17.4. The predicted molar refractivity (Wildman–Crippen MR) is 117 cm³/mol. The zero-order valence-corrected chi connectivity index (χ0v) is 19.8. The maximum absolute atomic E-state index is 14.9. The molecule has 0 aliphatic carbocycles. The van der Waals surface area contributed by atoms with Crippen molar-refractivity contribution in [2.24, 2.45) is 0 Å². The normalized spacial score (nSPS) is 15.0. The van der Waals surface area contributed by atoms with Crippen LogP contribution in [0, 0.1) is 5.82 Å². The molecule has 0 atom stereocenters. The highest BCUT2D eigenvalue weighted by Crippen LogP contribution is 2.40. The predicted octanol–water partition coefficient (Wildman–Crippen LogP) is 4.85. The molecule has 4 bridgehead atoms. The average Bonchev–Trinajstić information content (AvgIpc) is 2.77. The van der Waals surface area contributed by atoms with Gasteiger partial charge in [0.15, 0.2) is 11.6 Å². The number of rotatable bonds is 1. The number of cyclic esters (lactones) is 1. The van der Waals surface area contributed by atoms with Crippen LogP contribution in [0.4, 0.5) is 23.2 Å². The van der Waals surface area contributed by atoms with Crippen LogP contribution >= 0.6 is 15.9 Å². The molecule has 2 N–H and O–H groups in total. The fourth-order valence-electron chi connectivity index (χ4n) is 3.39. The molecule has 2 aromatic carbocycles. The Hall–Kier alpha value is -3.39. The Morgan fingerprint density at radius 2 is 1.89 bits per heavy atom. The molecule has 1 aromatic heterocycles. The van der Waals surface area contributed by atoms with Gasteiger partial charge < -0.3 is 14.6 Å². The molecule has 0 saturated heterocycles. The number of fused-ring (bicyclic) bond motifs is 6. The summed E-state index contributed by atoms with van der Waals surface area (Å²) in [5, 5.41) is 10.3. The van der Waals surface area contributed by atoms with Gasteiger partial charge in [0, 0.05) is 17.3 Å². The van der Waals surface area contributed by atoms with Gasteiger partial charge in [0.25, 0.3) is 10.0 Å². The number of phenolic OH excluding ortho intramolecular Hbond substituents is 1. The number of alkyl halides is 3. The quantitative estimate of drug-likeness (QED) is 0.314. The summed E-state index contributed by atoms with van der Waals surface area (Å²) in [4.78, 5) is 15.3. The van der Waals surface area contributed by atoms with E-state index in [2.05, 4.69) is 25.6 Å². The molecule has 35 heavy (non-hydrogen) atoms. The van der Waals surface area contributed by atoms with Crippen molar-refractivity contribution in [1.82, 2.24) is 4.98 Å². The lowest BCUT2D eigenvalue weighted by molar-refractivity contribution is -0.141. The summed E-state index contributed by atoms with van der Waals surface area (Å²) < 4.78 is 92.8. The first-order valence-electron chi connectivity index (χ1n) is 9.48. The number of nitrogens with one attached hydrogen (secondary N) is 1. The van der Waals surface area contributed by atoms with Crippen LogP contribution in [0.5, 0.6) is 11.5 Å². The number of sulfonamides is 1. The van der Waals surface area contributed by atoms with Crippen molar-refractivity contribution < 1.29 is 45.4 Å². The van der Waals surface area contributed by atoms with Crippen molar-refractivity contribution in [3.8, 4) is 22.6 Å². The molecule has 8 nitrogen and oxygen atoms in total. The van der Waals surface area contributed by atoms with E-state index in [0.29, 0.717) is 6.07 Å². The summed E-state index contributed by atoms with van der Waals surface area (Å²) in [6.07, 6.45) is -4.00. The second kappa shape index (κ2) is 8.68.